The Balaban J connectivity index is 2.68. The molecular formula is C12H18O2S. The fourth-order valence-electron chi connectivity index (χ4n) is 1.20. The molecule has 0 radical (unpaired) electrons. The average molecular weight is 226 g/mol. The molecule has 0 aromatic heterocycles. The summed E-state index contributed by atoms with van der Waals surface area (Å²) >= 11 is 1.84. The molecule has 15 heavy (non-hydrogen) atoms. The number of benzene rings is 1. The largest absolute Gasteiger partial charge is 0.497 e. The van der Waals surface area contributed by atoms with E-state index in [1.165, 1.54) is 17.7 Å². The van der Waals surface area contributed by atoms with Crippen LogP contribution in [-0.2, 0) is 0 Å². The average Bonchev–Trinajstić information content (AvgIpc) is 2.29. The maximum atomic E-state index is 5.21. The number of methoxy groups -OCH3 is 2. The van der Waals surface area contributed by atoms with Crippen LogP contribution in [0, 0.1) is 0 Å². The predicted molar refractivity (Wildman–Crippen MR) is 65.2 cm³/mol. The minimum absolute atomic E-state index is 0.855. The standard InChI is InChI=1S/C12H18O2S/c1-4-5-6-15-12-8-10(13-2)7-11(9-12)14-3/h7-9H,4-6H2,1-3H3. The first kappa shape index (κ1) is 12.2. The normalized spacial score (nSPS) is 10.1. The van der Waals surface area contributed by atoms with Crippen molar-refractivity contribution in [1.29, 1.82) is 0 Å². The molecule has 1 rings (SSSR count). The van der Waals surface area contributed by atoms with E-state index in [-0.39, 0.29) is 0 Å². The lowest BCUT2D eigenvalue weighted by Crippen LogP contribution is -1.88. The van der Waals surface area contributed by atoms with Gasteiger partial charge < -0.3 is 9.47 Å². The van der Waals surface area contributed by atoms with Crippen molar-refractivity contribution < 1.29 is 9.47 Å². The van der Waals surface area contributed by atoms with Crippen LogP contribution >= 0.6 is 11.8 Å². The zero-order chi connectivity index (χ0) is 11.1. The van der Waals surface area contributed by atoms with Gasteiger partial charge in [0.2, 0.25) is 0 Å². The van der Waals surface area contributed by atoms with Crippen molar-refractivity contribution in [3.8, 4) is 11.5 Å². The highest BCUT2D eigenvalue weighted by molar-refractivity contribution is 7.99. The van der Waals surface area contributed by atoms with Gasteiger partial charge in [-0.15, -0.1) is 11.8 Å². The molecule has 84 valence electrons. The van der Waals surface area contributed by atoms with E-state index in [0.29, 0.717) is 0 Å². The maximum Gasteiger partial charge on any atom is 0.123 e. The first-order valence-corrected chi connectivity index (χ1v) is 6.14. The predicted octanol–water partition coefficient (Wildman–Crippen LogP) is 3.60. The molecular weight excluding hydrogens is 208 g/mol. The summed E-state index contributed by atoms with van der Waals surface area (Å²) < 4.78 is 10.4. The van der Waals surface area contributed by atoms with Crippen LogP contribution in [0.3, 0.4) is 0 Å². The lowest BCUT2D eigenvalue weighted by atomic mass is 10.3. The van der Waals surface area contributed by atoms with Crippen LogP contribution in [0.25, 0.3) is 0 Å². The minimum atomic E-state index is 0.855. The van der Waals surface area contributed by atoms with Gasteiger partial charge in [-0.1, -0.05) is 13.3 Å². The van der Waals surface area contributed by atoms with Crippen molar-refractivity contribution in [2.24, 2.45) is 0 Å². The van der Waals surface area contributed by atoms with Crippen LogP contribution < -0.4 is 9.47 Å². The van der Waals surface area contributed by atoms with Crippen LogP contribution in [-0.4, -0.2) is 20.0 Å². The molecule has 0 amide bonds. The van der Waals surface area contributed by atoms with Crippen LogP contribution in [0.15, 0.2) is 23.1 Å². The Hall–Kier alpha value is -0.830. The first-order chi connectivity index (χ1) is 7.30. The van der Waals surface area contributed by atoms with E-state index in [1.807, 2.05) is 30.0 Å². The molecule has 0 unspecified atom stereocenters. The third-order valence-electron chi connectivity index (χ3n) is 2.09. The molecule has 3 heteroatoms. The molecule has 0 saturated heterocycles. The van der Waals surface area contributed by atoms with Crippen molar-refractivity contribution in [2.75, 3.05) is 20.0 Å². The molecule has 0 aliphatic rings. The zero-order valence-electron chi connectivity index (χ0n) is 9.58. The zero-order valence-corrected chi connectivity index (χ0v) is 10.4. The van der Waals surface area contributed by atoms with Crippen molar-refractivity contribution in [3.63, 3.8) is 0 Å². The lowest BCUT2D eigenvalue weighted by Gasteiger charge is -2.07. The third kappa shape index (κ3) is 4.04. The highest BCUT2D eigenvalue weighted by Gasteiger charge is 2.01. The van der Waals surface area contributed by atoms with E-state index in [4.69, 9.17) is 9.47 Å². The molecule has 1 aromatic carbocycles. The molecule has 0 atom stereocenters. The van der Waals surface area contributed by atoms with Gasteiger partial charge in [0, 0.05) is 11.0 Å². The second-order valence-corrected chi connectivity index (χ2v) is 4.42. The summed E-state index contributed by atoms with van der Waals surface area (Å²) in [6, 6.07) is 5.98. The van der Waals surface area contributed by atoms with Gasteiger partial charge in [-0.3, -0.25) is 0 Å². The number of hydrogen-bond acceptors (Lipinski definition) is 3. The fraction of sp³-hybridized carbons (Fsp3) is 0.500. The van der Waals surface area contributed by atoms with E-state index in [9.17, 15) is 0 Å². The van der Waals surface area contributed by atoms with Crippen LogP contribution in [0.5, 0.6) is 11.5 Å². The minimum Gasteiger partial charge on any atom is -0.497 e. The smallest absolute Gasteiger partial charge is 0.123 e. The van der Waals surface area contributed by atoms with Crippen molar-refractivity contribution >= 4 is 11.8 Å². The maximum absolute atomic E-state index is 5.21. The molecule has 2 nitrogen and oxygen atoms in total. The topological polar surface area (TPSA) is 18.5 Å². The highest BCUT2D eigenvalue weighted by atomic mass is 32.2. The van der Waals surface area contributed by atoms with E-state index in [2.05, 4.69) is 6.92 Å². The number of rotatable bonds is 6. The number of ether oxygens (including phenoxy) is 2. The van der Waals surface area contributed by atoms with E-state index < -0.39 is 0 Å². The SMILES string of the molecule is CCCCSc1cc(OC)cc(OC)c1. The summed E-state index contributed by atoms with van der Waals surface area (Å²) in [5.41, 5.74) is 0. The van der Waals surface area contributed by atoms with Gasteiger partial charge in [-0.05, 0) is 24.3 Å². The number of hydrogen-bond donors (Lipinski definition) is 0. The van der Waals surface area contributed by atoms with E-state index in [1.54, 1.807) is 14.2 Å². The lowest BCUT2D eigenvalue weighted by molar-refractivity contribution is 0.392. The van der Waals surface area contributed by atoms with Gasteiger partial charge in [0.25, 0.3) is 0 Å². The summed E-state index contributed by atoms with van der Waals surface area (Å²) in [6.45, 7) is 2.20. The van der Waals surface area contributed by atoms with Crippen LogP contribution in [0.2, 0.25) is 0 Å². The number of thioether (sulfide) groups is 1. The summed E-state index contributed by atoms with van der Waals surface area (Å²) in [4.78, 5) is 1.21. The second kappa shape index (κ2) is 6.62. The molecule has 0 fully saturated rings. The Morgan fingerprint density at radius 2 is 1.67 bits per heavy atom. The number of unbranched alkanes of at least 4 members (excludes halogenated alkanes) is 1. The van der Waals surface area contributed by atoms with Crippen molar-refractivity contribution in [3.05, 3.63) is 18.2 Å². The van der Waals surface area contributed by atoms with Crippen LogP contribution in [0.1, 0.15) is 19.8 Å². The van der Waals surface area contributed by atoms with Gasteiger partial charge in [-0.25, -0.2) is 0 Å². The summed E-state index contributed by atoms with van der Waals surface area (Å²) in [7, 11) is 3.35. The van der Waals surface area contributed by atoms with Gasteiger partial charge in [0.05, 0.1) is 14.2 Å². The third-order valence-corrected chi connectivity index (χ3v) is 3.15. The summed E-state index contributed by atoms with van der Waals surface area (Å²) in [5.74, 6) is 2.86. The first-order valence-electron chi connectivity index (χ1n) is 5.16. The van der Waals surface area contributed by atoms with Gasteiger partial charge >= 0.3 is 0 Å². The van der Waals surface area contributed by atoms with E-state index in [0.717, 1.165) is 17.3 Å². The molecule has 0 bridgehead atoms. The summed E-state index contributed by atoms with van der Waals surface area (Å²) in [5, 5.41) is 0. The second-order valence-electron chi connectivity index (χ2n) is 3.25. The van der Waals surface area contributed by atoms with Crippen molar-refractivity contribution in [1.82, 2.24) is 0 Å². The molecule has 0 aliphatic carbocycles. The highest BCUT2D eigenvalue weighted by Crippen LogP contribution is 2.29. The fourth-order valence-corrected chi connectivity index (χ4v) is 2.27. The quantitative estimate of drug-likeness (QED) is 0.545. The Kier molecular flexibility index (Phi) is 5.40. The monoisotopic (exact) mass is 226 g/mol. The Labute approximate surface area is 96.0 Å². The van der Waals surface area contributed by atoms with E-state index >= 15 is 0 Å². The molecule has 1 aromatic rings. The molecule has 0 saturated carbocycles. The molecule has 0 N–H and O–H groups in total. The summed E-state index contributed by atoms with van der Waals surface area (Å²) in [6.07, 6.45) is 2.47. The van der Waals surface area contributed by atoms with Crippen molar-refractivity contribution in [2.45, 2.75) is 24.7 Å². The molecule has 0 heterocycles. The Morgan fingerprint density at radius 1 is 1.07 bits per heavy atom. The Bertz CT molecular complexity index is 277. The van der Waals surface area contributed by atoms with Gasteiger partial charge in [0.1, 0.15) is 11.5 Å². The Morgan fingerprint density at radius 3 is 2.13 bits per heavy atom. The molecule has 0 aliphatic heterocycles. The van der Waals surface area contributed by atoms with Crippen LogP contribution in [0.4, 0.5) is 0 Å². The van der Waals surface area contributed by atoms with Gasteiger partial charge in [0.15, 0.2) is 0 Å². The molecule has 0 spiro atoms. The van der Waals surface area contributed by atoms with Gasteiger partial charge in [-0.2, -0.15) is 0 Å².